The van der Waals surface area contributed by atoms with Gasteiger partial charge in [-0.25, -0.2) is 0 Å². The molecule has 1 aliphatic heterocycles. The minimum Gasteiger partial charge on any atom is -0.302 e. The first-order valence-electron chi connectivity index (χ1n) is 2.13. The summed E-state index contributed by atoms with van der Waals surface area (Å²) in [6.45, 7) is 0.463. The van der Waals surface area contributed by atoms with Crippen LogP contribution in [-0.2, 0) is 4.79 Å². The summed E-state index contributed by atoms with van der Waals surface area (Å²) in [4.78, 5) is 10.4. The van der Waals surface area contributed by atoms with Crippen molar-refractivity contribution < 1.29 is 8.32 Å². The molecule has 3 nitrogen and oxygen atoms in total. The SMILES string of the molecule is O=C1C[N+](Cl)(Cl)CN1. The van der Waals surface area contributed by atoms with Crippen LogP contribution >= 0.6 is 23.6 Å². The van der Waals surface area contributed by atoms with Crippen molar-refractivity contribution in [3.8, 4) is 0 Å². The lowest BCUT2D eigenvalue weighted by Crippen LogP contribution is -2.24. The van der Waals surface area contributed by atoms with Gasteiger partial charge in [-0.15, -0.1) is 0 Å². The van der Waals surface area contributed by atoms with E-state index in [0.29, 0.717) is 6.67 Å². The van der Waals surface area contributed by atoms with E-state index < -0.39 is 0 Å². The monoisotopic (exact) mass is 155 g/mol. The van der Waals surface area contributed by atoms with E-state index in [4.69, 9.17) is 23.6 Å². The molecule has 46 valence electrons. The molecule has 0 aromatic heterocycles. The Morgan fingerprint density at radius 3 is 2.38 bits per heavy atom. The fourth-order valence-electron chi connectivity index (χ4n) is 0.526. The number of hydrogen-bond donors (Lipinski definition) is 1. The van der Waals surface area contributed by atoms with E-state index in [-0.39, 0.29) is 16.0 Å². The van der Waals surface area contributed by atoms with Gasteiger partial charge in [0, 0.05) is 0 Å². The first kappa shape index (κ1) is 6.13. The van der Waals surface area contributed by atoms with Crippen molar-refractivity contribution in [1.82, 2.24) is 5.32 Å². The normalized spacial score (nSPS) is 25.5. The van der Waals surface area contributed by atoms with Crippen LogP contribution < -0.4 is 5.32 Å². The third kappa shape index (κ3) is 1.24. The molecule has 0 atom stereocenters. The highest BCUT2D eigenvalue weighted by Gasteiger charge is 2.35. The Morgan fingerprint density at radius 1 is 1.62 bits per heavy atom. The van der Waals surface area contributed by atoms with Crippen molar-refractivity contribution in [3.63, 3.8) is 0 Å². The van der Waals surface area contributed by atoms with Gasteiger partial charge in [-0.3, -0.25) is 4.79 Å². The maximum absolute atomic E-state index is 10.4. The van der Waals surface area contributed by atoms with Crippen molar-refractivity contribution in [2.24, 2.45) is 0 Å². The number of carbonyl (C=O) groups is 1. The Bertz CT molecular complexity index is 124. The lowest BCUT2D eigenvalue weighted by atomic mass is 10.7. The first-order valence-corrected chi connectivity index (χ1v) is 2.81. The van der Waals surface area contributed by atoms with E-state index in [1.54, 1.807) is 0 Å². The minimum absolute atomic E-state index is 0.102. The van der Waals surface area contributed by atoms with Crippen LogP contribution in [0.4, 0.5) is 0 Å². The topological polar surface area (TPSA) is 29.1 Å². The molecule has 1 amide bonds. The Labute approximate surface area is 57.0 Å². The van der Waals surface area contributed by atoms with Gasteiger partial charge in [-0.1, -0.05) is 3.52 Å². The van der Waals surface area contributed by atoms with E-state index in [1.165, 1.54) is 0 Å². The number of hydrogen-bond acceptors (Lipinski definition) is 1. The summed E-state index contributed by atoms with van der Waals surface area (Å²) in [5.41, 5.74) is 0. The average Bonchev–Trinajstić information content (AvgIpc) is 1.82. The number of nitrogens with zero attached hydrogens (tertiary/aromatic N) is 1. The Balaban J connectivity index is 2.56. The number of nitrogens with one attached hydrogen (secondary N) is 1. The molecule has 0 aromatic rings. The molecule has 1 N–H and O–H groups in total. The molecule has 0 unspecified atom stereocenters. The second-order valence-electron chi connectivity index (χ2n) is 1.68. The van der Waals surface area contributed by atoms with Gasteiger partial charge in [0.25, 0.3) is 5.91 Å². The van der Waals surface area contributed by atoms with Crippen LogP contribution in [-0.4, -0.2) is 22.6 Å². The predicted octanol–water partition coefficient (Wildman–Crippen LogP) is 0.198. The number of carbonyl (C=O) groups excluding carboxylic acids is 1. The zero-order valence-electron chi connectivity index (χ0n) is 4.03. The average molecular weight is 156 g/mol. The quantitative estimate of drug-likeness (QED) is 0.498. The van der Waals surface area contributed by atoms with Gasteiger partial charge in [0.2, 0.25) is 0 Å². The van der Waals surface area contributed by atoms with Gasteiger partial charge in [-0.05, 0) is 0 Å². The number of quaternary nitrogens is 1. The zero-order valence-corrected chi connectivity index (χ0v) is 5.54. The van der Waals surface area contributed by atoms with Gasteiger partial charge in [0.1, 0.15) is 0 Å². The fraction of sp³-hybridized carbons (Fsp3) is 0.667. The van der Waals surface area contributed by atoms with Crippen LogP contribution in [0, 0.1) is 0 Å². The molecule has 1 aliphatic rings. The maximum Gasteiger partial charge on any atom is 0.282 e. The smallest absolute Gasteiger partial charge is 0.282 e. The van der Waals surface area contributed by atoms with Gasteiger partial charge in [0.15, 0.2) is 36.8 Å². The van der Waals surface area contributed by atoms with Gasteiger partial charge in [-0.2, -0.15) is 0 Å². The summed E-state index contributed by atoms with van der Waals surface area (Å²) < 4.78 is -0.279. The van der Waals surface area contributed by atoms with Crippen LogP contribution in [0.15, 0.2) is 0 Å². The van der Waals surface area contributed by atoms with E-state index in [1.807, 2.05) is 0 Å². The molecule has 0 radical (unpaired) electrons. The Hall–Kier alpha value is 0.01000. The molecule has 1 heterocycles. The summed E-state index contributed by atoms with van der Waals surface area (Å²) in [5, 5.41) is 2.48. The predicted molar refractivity (Wildman–Crippen MR) is 29.8 cm³/mol. The number of rotatable bonds is 0. The second-order valence-corrected chi connectivity index (χ2v) is 3.15. The fourth-order valence-corrected chi connectivity index (χ4v) is 0.862. The van der Waals surface area contributed by atoms with Gasteiger partial charge >= 0.3 is 0 Å². The summed E-state index contributed by atoms with van der Waals surface area (Å²) in [6.07, 6.45) is 0. The van der Waals surface area contributed by atoms with E-state index in [0.717, 1.165) is 0 Å². The first-order chi connectivity index (χ1) is 3.60. The van der Waals surface area contributed by atoms with Crippen molar-refractivity contribution in [2.75, 3.05) is 13.2 Å². The largest absolute Gasteiger partial charge is 0.302 e. The molecule has 0 saturated carbocycles. The molecule has 0 spiro atoms. The van der Waals surface area contributed by atoms with Crippen molar-refractivity contribution in [3.05, 3.63) is 0 Å². The highest BCUT2D eigenvalue weighted by molar-refractivity contribution is 6.24. The summed E-state index contributed by atoms with van der Waals surface area (Å²) in [6, 6.07) is 0. The minimum atomic E-state index is -0.279. The molecular weight excluding hydrogens is 151 g/mol. The Kier molecular flexibility index (Phi) is 1.35. The van der Waals surface area contributed by atoms with Crippen molar-refractivity contribution >= 4 is 29.5 Å². The molecule has 0 bridgehead atoms. The van der Waals surface area contributed by atoms with Gasteiger partial charge < -0.3 is 5.32 Å². The van der Waals surface area contributed by atoms with Crippen LogP contribution in [0.25, 0.3) is 0 Å². The lowest BCUT2D eigenvalue weighted by molar-refractivity contribution is -0.671. The molecule has 0 aromatic carbocycles. The van der Waals surface area contributed by atoms with Crippen LogP contribution in [0.1, 0.15) is 0 Å². The van der Waals surface area contributed by atoms with Crippen LogP contribution in [0.5, 0.6) is 0 Å². The van der Waals surface area contributed by atoms with E-state index in [2.05, 4.69) is 5.32 Å². The molecule has 1 rings (SSSR count). The van der Waals surface area contributed by atoms with Crippen molar-refractivity contribution in [1.29, 1.82) is 0 Å². The highest BCUT2D eigenvalue weighted by Crippen LogP contribution is 2.18. The van der Waals surface area contributed by atoms with Crippen LogP contribution in [0.2, 0.25) is 0 Å². The Morgan fingerprint density at radius 2 is 2.25 bits per heavy atom. The zero-order chi connectivity index (χ0) is 6.20. The third-order valence-corrected chi connectivity index (χ3v) is 1.36. The van der Waals surface area contributed by atoms with E-state index >= 15 is 0 Å². The lowest BCUT2D eigenvalue weighted by Gasteiger charge is -2.05. The molecule has 1 saturated heterocycles. The molecular formula is C3H5Cl2N2O+. The molecule has 8 heavy (non-hydrogen) atoms. The summed E-state index contributed by atoms with van der Waals surface area (Å²) >= 11 is 11.0. The van der Waals surface area contributed by atoms with Crippen molar-refractivity contribution in [2.45, 2.75) is 0 Å². The second kappa shape index (κ2) is 1.76. The summed E-state index contributed by atoms with van der Waals surface area (Å²) in [5.74, 6) is -0.102. The molecule has 5 heteroatoms. The summed E-state index contributed by atoms with van der Waals surface area (Å²) in [7, 11) is 0. The third-order valence-electron chi connectivity index (χ3n) is 0.882. The number of halogens is 2. The van der Waals surface area contributed by atoms with Crippen LogP contribution in [0.3, 0.4) is 0 Å². The maximum atomic E-state index is 10.4. The van der Waals surface area contributed by atoms with Gasteiger partial charge in [0.05, 0.1) is 0 Å². The standard InChI is InChI=1S/C3H4Cl2N2O/c4-7(5)1-3(8)6-2-7/h1-2H2/p+1. The molecule has 0 aliphatic carbocycles. The molecule has 1 fully saturated rings. The number of amides is 1. The highest BCUT2D eigenvalue weighted by atomic mass is 35.5. The van der Waals surface area contributed by atoms with E-state index in [9.17, 15) is 4.79 Å².